The zero-order valence-electron chi connectivity index (χ0n) is 29.3. The lowest BCUT2D eigenvalue weighted by atomic mass is 9.99. The van der Waals surface area contributed by atoms with Crippen LogP contribution >= 0.6 is 8.60 Å². The van der Waals surface area contributed by atoms with E-state index in [-0.39, 0.29) is 42.6 Å². The van der Waals surface area contributed by atoms with E-state index in [1.54, 1.807) is 13.1 Å². The van der Waals surface area contributed by atoms with Crippen LogP contribution in [0.2, 0.25) is 0 Å². The Morgan fingerprint density at radius 1 is 1.07 bits per heavy atom. The van der Waals surface area contributed by atoms with Crippen LogP contribution in [-0.4, -0.2) is 105 Å². The van der Waals surface area contributed by atoms with Gasteiger partial charge in [-0.1, -0.05) is 18.2 Å². The topological polar surface area (TPSA) is 229 Å². The molecule has 6 rings (SSSR count). The molecule has 3 aliphatic rings. The average Bonchev–Trinajstić information content (AvgIpc) is 3.75. The molecule has 16 nitrogen and oxygen atoms in total. The number of primary amides is 1. The third kappa shape index (κ3) is 8.79. The van der Waals surface area contributed by atoms with Crippen molar-refractivity contribution in [3.8, 4) is 5.75 Å². The van der Waals surface area contributed by atoms with Crippen molar-refractivity contribution in [2.24, 2.45) is 5.73 Å². The second-order valence-corrected chi connectivity index (χ2v) is 14.4. The Balaban J connectivity index is 1.17. The Bertz CT molecular complexity index is 1910. The second kappa shape index (κ2) is 16.3. The number of nitrogens with two attached hydrogens (primary N) is 1. The number of nitrogens with one attached hydrogen (secondary N) is 4. The van der Waals surface area contributed by atoms with Crippen molar-refractivity contribution in [3.05, 3.63) is 65.4 Å². The summed E-state index contributed by atoms with van der Waals surface area (Å²) in [4.78, 5) is 91.1. The number of benzene rings is 2. The molecule has 1 aromatic heterocycles. The number of para-hydroxylation sites is 1. The van der Waals surface area contributed by atoms with E-state index in [0.29, 0.717) is 50.1 Å². The number of aromatic amines is 1. The lowest BCUT2D eigenvalue weighted by Crippen LogP contribution is -2.61. The van der Waals surface area contributed by atoms with Crippen molar-refractivity contribution in [3.63, 3.8) is 0 Å². The van der Waals surface area contributed by atoms with Crippen molar-refractivity contribution in [1.29, 1.82) is 0 Å². The fourth-order valence-electron chi connectivity index (χ4n) is 7.31. The van der Waals surface area contributed by atoms with Crippen LogP contribution in [-0.2, 0) is 29.8 Å². The first-order valence-electron chi connectivity index (χ1n) is 17.5. The molecule has 2 fully saturated rings. The number of fused-ring (bicyclic) bond motifs is 3. The lowest BCUT2D eigenvalue weighted by Gasteiger charge is -2.38. The number of nitrogens with zero attached hydrogens (tertiary/aromatic N) is 2. The Labute approximate surface area is 309 Å². The molecular formula is C35H42F2N7O9P. The summed E-state index contributed by atoms with van der Waals surface area (Å²) in [7, 11) is -1.54. The molecule has 2 aromatic carbocycles. The molecule has 19 heteroatoms. The van der Waals surface area contributed by atoms with Gasteiger partial charge in [-0.2, -0.15) is 8.78 Å². The van der Waals surface area contributed by atoms with Crippen molar-refractivity contribution >= 4 is 49.0 Å². The number of alkyl halides is 2. The summed E-state index contributed by atoms with van der Waals surface area (Å²) in [5.41, 5.74) is 5.82. The molecule has 0 radical (unpaired) electrons. The van der Waals surface area contributed by atoms with Gasteiger partial charge in [0.15, 0.2) is 0 Å². The third-order valence-electron chi connectivity index (χ3n) is 9.99. The molecule has 5 amide bonds. The monoisotopic (exact) mass is 773 g/mol. The number of hydrogen-bond donors (Lipinski definition) is 7. The Hall–Kier alpha value is -4.74. The van der Waals surface area contributed by atoms with Crippen LogP contribution in [0, 0.1) is 0 Å². The van der Waals surface area contributed by atoms with E-state index in [0.717, 1.165) is 17.7 Å². The number of hydrogen-bond acceptors (Lipinski definition) is 10. The Morgan fingerprint density at radius 3 is 2.61 bits per heavy atom. The Morgan fingerprint density at radius 2 is 1.85 bits per heavy atom. The molecule has 5 atom stereocenters. The van der Waals surface area contributed by atoms with Gasteiger partial charge in [-0.05, 0) is 69.6 Å². The molecule has 3 aliphatic heterocycles. The molecule has 0 unspecified atom stereocenters. The summed E-state index contributed by atoms with van der Waals surface area (Å²) >= 11 is 0. The molecule has 0 saturated carbocycles. The van der Waals surface area contributed by atoms with Crippen LogP contribution in [0.5, 0.6) is 5.75 Å². The van der Waals surface area contributed by atoms with Crippen molar-refractivity contribution < 1.29 is 51.8 Å². The maximum Gasteiger partial charge on any atom is 0.389 e. The maximum atomic E-state index is 14.3. The number of rotatable bonds is 12. The van der Waals surface area contributed by atoms with Crippen molar-refractivity contribution in [2.75, 3.05) is 26.7 Å². The highest BCUT2D eigenvalue weighted by molar-refractivity contribution is 7.39. The number of carbonyl (C=O) groups is 5. The number of aromatic nitrogens is 1. The summed E-state index contributed by atoms with van der Waals surface area (Å²) in [5.74, 6) is -2.31. The van der Waals surface area contributed by atoms with E-state index in [2.05, 4.69) is 25.5 Å². The van der Waals surface area contributed by atoms with Gasteiger partial charge in [0.1, 0.15) is 29.6 Å². The van der Waals surface area contributed by atoms with E-state index in [1.807, 2.05) is 23.1 Å². The number of amides is 5. The minimum Gasteiger partial charge on any atom is -0.493 e. The SMILES string of the molecule is CN1CC[C@H]2CC[C@@H](C(=O)N[C@@H](CCC(N)=O)C(=O)N[C@H]3CCOc4ccccc43)N2C(=O)[C@@H](NC(=O)c2cc3cc(C(F)(F)OP(O)O)ccc3[nH]2)C1. The summed E-state index contributed by atoms with van der Waals surface area (Å²) < 4.78 is 38.4. The molecule has 0 spiro atoms. The highest BCUT2D eigenvalue weighted by atomic mass is 31.2. The molecule has 54 heavy (non-hydrogen) atoms. The molecule has 3 aromatic rings. The highest BCUT2D eigenvalue weighted by Crippen LogP contribution is 2.42. The number of H-pyrrole nitrogens is 1. The largest absolute Gasteiger partial charge is 0.493 e. The van der Waals surface area contributed by atoms with Crippen LogP contribution < -0.4 is 26.4 Å². The quantitative estimate of drug-likeness (QED) is 0.132. The van der Waals surface area contributed by atoms with E-state index in [1.165, 1.54) is 17.0 Å². The number of carbonyl (C=O) groups excluding carboxylic acids is 5. The minimum absolute atomic E-state index is 0.0295. The molecule has 0 aliphatic carbocycles. The smallest absolute Gasteiger partial charge is 0.389 e. The van der Waals surface area contributed by atoms with Gasteiger partial charge in [-0.25, -0.2) is 4.52 Å². The summed E-state index contributed by atoms with van der Waals surface area (Å²) in [5, 5.41) is 8.68. The van der Waals surface area contributed by atoms with Crippen LogP contribution in [0.25, 0.3) is 10.9 Å². The van der Waals surface area contributed by atoms with Crippen LogP contribution in [0.1, 0.15) is 66.2 Å². The lowest BCUT2D eigenvalue weighted by molar-refractivity contribution is -0.189. The van der Waals surface area contributed by atoms with Gasteiger partial charge in [0.25, 0.3) is 5.91 Å². The first kappa shape index (κ1) is 39.0. The fraction of sp³-hybridized carbons (Fsp3) is 0.457. The molecular weight excluding hydrogens is 731 g/mol. The Kier molecular flexibility index (Phi) is 11.8. The van der Waals surface area contributed by atoms with Gasteiger partial charge >= 0.3 is 14.7 Å². The zero-order valence-corrected chi connectivity index (χ0v) is 30.2. The van der Waals surface area contributed by atoms with Gasteiger partial charge in [-0.3, -0.25) is 24.0 Å². The summed E-state index contributed by atoms with van der Waals surface area (Å²) in [6.45, 7) is 1.04. The number of halogens is 2. The first-order valence-corrected chi connectivity index (χ1v) is 18.7. The molecule has 8 N–H and O–H groups in total. The predicted molar refractivity (Wildman–Crippen MR) is 189 cm³/mol. The van der Waals surface area contributed by atoms with Crippen LogP contribution in [0.4, 0.5) is 8.78 Å². The number of ether oxygens (including phenoxy) is 1. The normalized spacial score (nSPS) is 22.4. The van der Waals surface area contributed by atoms with E-state index in [4.69, 9.17) is 20.3 Å². The predicted octanol–water partition coefficient (Wildman–Crippen LogP) is 1.63. The van der Waals surface area contributed by atoms with Gasteiger partial charge in [-0.15, -0.1) is 0 Å². The second-order valence-electron chi connectivity index (χ2n) is 13.7. The first-order chi connectivity index (χ1) is 25.7. The van der Waals surface area contributed by atoms with Crippen molar-refractivity contribution in [2.45, 2.75) is 74.8 Å². The van der Waals surface area contributed by atoms with E-state index in [9.17, 15) is 32.8 Å². The van der Waals surface area contributed by atoms with Crippen molar-refractivity contribution in [1.82, 2.24) is 30.7 Å². The van der Waals surface area contributed by atoms with Gasteiger partial charge in [0, 0.05) is 41.9 Å². The molecule has 2 saturated heterocycles. The standard InChI is InChI=1S/C35H42F2N7O9P/c1-43-14-12-21-7-10-28(33(48)41-25(9-11-30(38)45)31(46)40-24-13-15-52-29-5-3-2-4-22(24)29)44(21)34(49)27(18-43)42-32(47)26-17-19-16-20(6-8-23(19)39-26)35(36,37)53-54(50)51/h2-6,8,16-17,21,24-25,27-28,39,50-51H,7,9-15,18H2,1H3,(H2,38,45)(H,40,46)(H,41,48)(H,42,47)/t21-,24+,25+,27+,28+/m1/s1. The third-order valence-corrected chi connectivity index (χ3v) is 10.4. The van der Waals surface area contributed by atoms with Crippen LogP contribution in [0.3, 0.4) is 0 Å². The highest BCUT2D eigenvalue weighted by Gasteiger charge is 2.45. The van der Waals surface area contributed by atoms with Gasteiger partial charge in [0.2, 0.25) is 23.6 Å². The molecule has 4 heterocycles. The summed E-state index contributed by atoms with van der Waals surface area (Å²) in [6.07, 6.45) is -2.37. The average molecular weight is 774 g/mol. The molecule has 0 bridgehead atoms. The maximum absolute atomic E-state index is 14.3. The zero-order chi connectivity index (χ0) is 38.7. The van der Waals surface area contributed by atoms with Gasteiger partial charge in [0.05, 0.1) is 18.2 Å². The van der Waals surface area contributed by atoms with Gasteiger partial charge < -0.3 is 51.0 Å². The fourth-order valence-corrected chi connectivity index (χ4v) is 7.62. The molecule has 290 valence electrons. The van der Waals surface area contributed by atoms with Crippen LogP contribution in [0.15, 0.2) is 48.5 Å². The van der Waals surface area contributed by atoms with E-state index < -0.39 is 67.9 Å². The summed E-state index contributed by atoms with van der Waals surface area (Å²) in [6, 6.07) is 8.01. The van der Waals surface area contributed by atoms with E-state index >= 15 is 0 Å². The number of likely N-dealkylation sites (N-methyl/N-ethyl adjacent to an activating group) is 1. The minimum atomic E-state index is -4.00.